The maximum absolute atomic E-state index is 13.3. The summed E-state index contributed by atoms with van der Waals surface area (Å²) in [6.45, 7) is 6.18. The Morgan fingerprint density at radius 2 is 1.78 bits per heavy atom. The van der Waals surface area contributed by atoms with Crippen LogP contribution in [0, 0.1) is 0 Å². The first-order chi connectivity index (χ1) is 19.8. The Bertz CT molecular complexity index is 1520. The van der Waals surface area contributed by atoms with E-state index in [4.69, 9.17) is 14.5 Å². The number of benzene rings is 2. The Hall–Kier alpha value is -4.04. The molecular formula is C33H38N4O4. The average Bonchev–Trinajstić information content (AvgIpc) is 2.97. The molecule has 0 atom stereocenters. The molecule has 5 rings (SSSR count). The summed E-state index contributed by atoms with van der Waals surface area (Å²) in [5.41, 5.74) is 2.72. The number of carbonyl (C=O) groups excluding carboxylic acids is 1. The fraction of sp³-hybridized carbons (Fsp3) is 0.394. The molecule has 0 bridgehead atoms. The molecule has 0 N–H and O–H groups in total. The number of ether oxygens (including phenoxy) is 2. The number of hydrogen-bond donors (Lipinski definition) is 0. The Balaban J connectivity index is 1.36. The summed E-state index contributed by atoms with van der Waals surface area (Å²) < 4.78 is 12.8. The van der Waals surface area contributed by atoms with Gasteiger partial charge in [0, 0.05) is 17.3 Å². The highest BCUT2D eigenvalue weighted by Gasteiger charge is 2.25. The summed E-state index contributed by atoms with van der Waals surface area (Å²) in [6.07, 6.45) is 9.34. The number of pyridine rings is 1. The van der Waals surface area contributed by atoms with Crippen molar-refractivity contribution in [2.24, 2.45) is 0 Å². The number of nitrogens with zero attached hydrogens (tertiary/aromatic N) is 4. The van der Waals surface area contributed by atoms with Gasteiger partial charge >= 0.3 is 6.09 Å². The van der Waals surface area contributed by atoms with Gasteiger partial charge in [0.1, 0.15) is 12.3 Å². The smallest absolute Gasteiger partial charge is 0.415 e. The maximum atomic E-state index is 13.3. The van der Waals surface area contributed by atoms with Crippen molar-refractivity contribution >= 4 is 22.6 Å². The molecule has 1 amide bonds. The van der Waals surface area contributed by atoms with Crippen molar-refractivity contribution in [3.63, 3.8) is 0 Å². The first-order valence-electron chi connectivity index (χ1n) is 14.3. The van der Waals surface area contributed by atoms with Gasteiger partial charge in [-0.3, -0.25) is 14.7 Å². The van der Waals surface area contributed by atoms with E-state index < -0.39 is 11.7 Å². The van der Waals surface area contributed by atoms with Crippen LogP contribution in [0.3, 0.4) is 0 Å². The van der Waals surface area contributed by atoms with Gasteiger partial charge in [-0.2, -0.15) is 5.10 Å². The minimum Gasteiger partial charge on any atom is -0.443 e. The van der Waals surface area contributed by atoms with Crippen LogP contribution < -0.4 is 10.5 Å². The van der Waals surface area contributed by atoms with E-state index in [1.54, 1.807) is 29.3 Å². The van der Waals surface area contributed by atoms with Gasteiger partial charge in [0.2, 0.25) is 0 Å². The van der Waals surface area contributed by atoms with Gasteiger partial charge in [0.25, 0.3) is 5.56 Å². The Morgan fingerprint density at radius 1 is 1.00 bits per heavy atom. The van der Waals surface area contributed by atoms with Gasteiger partial charge in [-0.1, -0.05) is 55.7 Å². The van der Waals surface area contributed by atoms with E-state index in [9.17, 15) is 9.59 Å². The number of hydrogen-bond acceptors (Lipinski definition) is 6. The van der Waals surface area contributed by atoms with Crippen LogP contribution in [0.25, 0.3) is 10.8 Å². The van der Waals surface area contributed by atoms with E-state index in [2.05, 4.69) is 11.2 Å². The largest absolute Gasteiger partial charge is 0.443 e. The molecule has 2 aromatic carbocycles. The second kappa shape index (κ2) is 12.6. The zero-order valence-electron chi connectivity index (χ0n) is 24.1. The van der Waals surface area contributed by atoms with Gasteiger partial charge in [0.15, 0.2) is 0 Å². The molecule has 0 aliphatic heterocycles. The number of rotatable bonds is 8. The zero-order chi connectivity index (χ0) is 28.8. The SMILES string of the molecule is CC(C)(C)OC(=O)N(Cc1ccc(C2CCCCC2)cn1)c1ccc2c(=O)n(COCc3ccccc3)ncc2c1. The van der Waals surface area contributed by atoms with Crippen molar-refractivity contribution in [2.75, 3.05) is 4.90 Å². The summed E-state index contributed by atoms with van der Waals surface area (Å²) >= 11 is 0. The molecule has 2 heterocycles. The minimum absolute atomic E-state index is 0.0397. The molecule has 0 saturated heterocycles. The van der Waals surface area contributed by atoms with Crippen LogP contribution in [0.4, 0.5) is 10.5 Å². The predicted molar refractivity (Wildman–Crippen MR) is 160 cm³/mol. The van der Waals surface area contributed by atoms with Crippen LogP contribution in [-0.4, -0.2) is 26.5 Å². The Morgan fingerprint density at radius 3 is 2.49 bits per heavy atom. The number of carbonyl (C=O) groups is 1. The highest BCUT2D eigenvalue weighted by Crippen LogP contribution is 2.32. The quantitative estimate of drug-likeness (QED) is 0.234. The standard InChI is InChI=1S/C33H38N4O4/c1-33(2,3)41-32(39)36(21-28-15-14-26(19-34-28)25-12-8-5-9-13-25)29-16-17-30-27(18-29)20-35-37(31(30)38)23-40-22-24-10-6-4-7-11-24/h4,6-7,10-11,14-20,25H,5,8-9,12-13,21-23H2,1-3H3. The normalized spacial score (nSPS) is 14.2. The van der Waals surface area contributed by atoms with Crippen LogP contribution in [0.15, 0.2) is 77.9 Å². The average molecular weight is 555 g/mol. The van der Waals surface area contributed by atoms with E-state index in [0.717, 1.165) is 11.3 Å². The van der Waals surface area contributed by atoms with E-state index in [1.165, 1.54) is 42.3 Å². The third kappa shape index (κ3) is 7.38. The minimum atomic E-state index is -0.667. The summed E-state index contributed by atoms with van der Waals surface area (Å²) in [5.74, 6) is 0.563. The summed E-state index contributed by atoms with van der Waals surface area (Å²) in [7, 11) is 0. The highest BCUT2D eigenvalue weighted by atomic mass is 16.6. The molecule has 8 heteroatoms. The first kappa shape index (κ1) is 28.5. The van der Waals surface area contributed by atoms with Crippen LogP contribution in [0.2, 0.25) is 0 Å². The second-order valence-corrected chi connectivity index (χ2v) is 11.7. The van der Waals surface area contributed by atoms with E-state index in [0.29, 0.717) is 29.0 Å². The lowest BCUT2D eigenvalue weighted by molar-refractivity contribution is 0.0533. The fourth-order valence-corrected chi connectivity index (χ4v) is 5.21. The molecule has 4 aromatic rings. The van der Waals surface area contributed by atoms with Crippen molar-refractivity contribution in [2.45, 2.75) is 84.3 Å². The molecule has 41 heavy (non-hydrogen) atoms. The first-order valence-corrected chi connectivity index (χ1v) is 14.3. The fourth-order valence-electron chi connectivity index (χ4n) is 5.21. The number of amides is 1. The van der Waals surface area contributed by atoms with Crippen LogP contribution in [0.5, 0.6) is 0 Å². The molecule has 0 radical (unpaired) electrons. The summed E-state index contributed by atoms with van der Waals surface area (Å²) in [6, 6.07) is 19.2. The number of aromatic nitrogens is 3. The maximum Gasteiger partial charge on any atom is 0.415 e. The van der Waals surface area contributed by atoms with Crippen molar-refractivity contribution in [3.8, 4) is 0 Å². The van der Waals surface area contributed by atoms with Gasteiger partial charge in [-0.15, -0.1) is 0 Å². The van der Waals surface area contributed by atoms with Crippen LogP contribution in [0.1, 0.15) is 75.6 Å². The third-order valence-electron chi connectivity index (χ3n) is 7.33. The predicted octanol–water partition coefficient (Wildman–Crippen LogP) is 6.96. The molecule has 214 valence electrons. The molecule has 1 aliphatic carbocycles. The summed E-state index contributed by atoms with van der Waals surface area (Å²) in [4.78, 5) is 32.7. The molecule has 2 aromatic heterocycles. The molecule has 1 fully saturated rings. The third-order valence-corrected chi connectivity index (χ3v) is 7.33. The molecule has 0 unspecified atom stereocenters. The Kier molecular flexibility index (Phi) is 8.78. The number of anilines is 1. The molecule has 0 spiro atoms. The lowest BCUT2D eigenvalue weighted by Crippen LogP contribution is -2.36. The van der Waals surface area contributed by atoms with Crippen molar-refractivity contribution in [1.29, 1.82) is 0 Å². The number of fused-ring (bicyclic) bond motifs is 1. The van der Waals surface area contributed by atoms with Crippen LogP contribution in [-0.2, 0) is 29.4 Å². The van der Waals surface area contributed by atoms with E-state index in [-0.39, 0.29) is 18.8 Å². The summed E-state index contributed by atoms with van der Waals surface area (Å²) in [5, 5.41) is 5.43. The second-order valence-electron chi connectivity index (χ2n) is 11.7. The van der Waals surface area contributed by atoms with Crippen molar-refractivity contribution < 1.29 is 14.3 Å². The van der Waals surface area contributed by atoms with Gasteiger partial charge < -0.3 is 9.47 Å². The van der Waals surface area contributed by atoms with Crippen LogP contribution >= 0.6 is 0 Å². The van der Waals surface area contributed by atoms with Gasteiger partial charge in [-0.05, 0) is 74.9 Å². The van der Waals surface area contributed by atoms with Gasteiger partial charge in [-0.25, -0.2) is 9.48 Å². The topological polar surface area (TPSA) is 86.6 Å². The van der Waals surface area contributed by atoms with Crippen molar-refractivity contribution in [3.05, 3.63) is 100 Å². The molecule has 8 nitrogen and oxygen atoms in total. The van der Waals surface area contributed by atoms with E-state index in [1.807, 2.05) is 63.4 Å². The zero-order valence-corrected chi connectivity index (χ0v) is 24.1. The monoisotopic (exact) mass is 554 g/mol. The molecule has 1 aliphatic rings. The lowest BCUT2D eigenvalue weighted by atomic mass is 9.85. The highest BCUT2D eigenvalue weighted by molar-refractivity contribution is 5.92. The van der Waals surface area contributed by atoms with E-state index >= 15 is 0 Å². The molecular weight excluding hydrogens is 516 g/mol. The van der Waals surface area contributed by atoms with Gasteiger partial charge in [0.05, 0.1) is 30.4 Å². The lowest BCUT2D eigenvalue weighted by Gasteiger charge is -2.28. The Labute approximate surface area is 240 Å². The molecule has 1 saturated carbocycles. The van der Waals surface area contributed by atoms with Crippen molar-refractivity contribution in [1.82, 2.24) is 14.8 Å².